The lowest BCUT2D eigenvalue weighted by atomic mass is 10.2. The summed E-state index contributed by atoms with van der Waals surface area (Å²) in [6.45, 7) is 5.65. The van der Waals surface area contributed by atoms with E-state index in [1.54, 1.807) is 29.0 Å². The number of piperazine rings is 1. The molecule has 1 saturated heterocycles. The van der Waals surface area contributed by atoms with Gasteiger partial charge in [0.05, 0.1) is 5.69 Å². The Balaban J connectivity index is 1.56. The number of rotatable bonds is 3. The van der Waals surface area contributed by atoms with Crippen molar-refractivity contribution in [3.8, 4) is 0 Å². The van der Waals surface area contributed by atoms with Gasteiger partial charge in [0.1, 0.15) is 17.2 Å². The molecule has 134 valence electrons. The number of anilines is 2. The molecule has 8 nitrogen and oxygen atoms in total. The molecule has 4 rings (SSSR count). The predicted molar refractivity (Wildman–Crippen MR) is 99.6 cm³/mol. The molecule has 1 N–H and O–H groups in total. The molecule has 0 spiro atoms. The molecule has 3 aromatic rings. The molecule has 0 bridgehead atoms. The van der Waals surface area contributed by atoms with Gasteiger partial charge in [-0.05, 0) is 32.2 Å². The van der Waals surface area contributed by atoms with Crippen molar-refractivity contribution in [2.75, 3.05) is 43.4 Å². The summed E-state index contributed by atoms with van der Waals surface area (Å²) < 4.78 is 1.65. The number of aryl methyl sites for hydroxylation is 1. The topological polar surface area (TPSA) is 78.7 Å². The summed E-state index contributed by atoms with van der Waals surface area (Å²) in [5.41, 5.74) is 2.33. The highest BCUT2D eigenvalue weighted by Gasteiger charge is 2.18. The molecule has 0 atom stereocenters. The SMILES string of the molecule is Cc1nn2cccnc2c1NC(=O)c1cccc(N2CCN(C)CC2)n1. The van der Waals surface area contributed by atoms with Crippen molar-refractivity contribution in [2.24, 2.45) is 0 Å². The zero-order valence-corrected chi connectivity index (χ0v) is 14.9. The van der Waals surface area contributed by atoms with Crippen LogP contribution in [0.5, 0.6) is 0 Å². The van der Waals surface area contributed by atoms with Gasteiger partial charge in [-0.25, -0.2) is 14.5 Å². The highest BCUT2D eigenvalue weighted by molar-refractivity contribution is 6.05. The smallest absolute Gasteiger partial charge is 0.274 e. The Hall–Kier alpha value is -3.00. The van der Waals surface area contributed by atoms with E-state index in [0.29, 0.717) is 22.7 Å². The second-order valence-corrected chi connectivity index (χ2v) is 6.47. The van der Waals surface area contributed by atoms with E-state index in [1.807, 2.05) is 19.1 Å². The van der Waals surface area contributed by atoms with Crippen LogP contribution in [0, 0.1) is 6.92 Å². The molecule has 0 aromatic carbocycles. The summed E-state index contributed by atoms with van der Waals surface area (Å²) >= 11 is 0. The number of nitrogens with zero attached hydrogens (tertiary/aromatic N) is 6. The minimum Gasteiger partial charge on any atom is -0.354 e. The molecule has 3 aromatic heterocycles. The lowest BCUT2D eigenvalue weighted by Gasteiger charge is -2.33. The zero-order chi connectivity index (χ0) is 18.1. The van der Waals surface area contributed by atoms with Gasteiger partial charge in [0.2, 0.25) is 0 Å². The maximum atomic E-state index is 12.7. The first-order valence-electron chi connectivity index (χ1n) is 8.63. The van der Waals surface area contributed by atoms with Crippen LogP contribution in [0.25, 0.3) is 5.65 Å². The molecule has 0 unspecified atom stereocenters. The van der Waals surface area contributed by atoms with E-state index in [0.717, 1.165) is 32.0 Å². The third-order valence-electron chi connectivity index (χ3n) is 4.60. The lowest BCUT2D eigenvalue weighted by molar-refractivity contribution is 0.102. The summed E-state index contributed by atoms with van der Waals surface area (Å²) in [7, 11) is 2.11. The Morgan fingerprint density at radius 1 is 1.15 bits per heavy atom. The molecule has 8 heteroatoms. The fourth-order valence-electron chi connectivity index (χ4n) is 3.08. The van der Waals surface area contributed by atoms with Crippen LogP contribution in [0.15, 0.2) is 36.7 Å². The third kappa shape index (κ3) is 3.11. The first-order valence-corrected chi connectivity index (χ1v) is 8.63. The summed E-state index contributed by atoms with van der Waals surface area (Å²) in [4.78, 5) is 26.1. The number of pyridine rings is 1. The third-order valence-corrected chi connectivity index (χ3v) is 4.60. The fraction of sp³-hybridized carbons (Fsp3) is 0.333. The number of amides is 1. The van der Waals surface area contributed by atoms with Crippen LogP contribution in [0.4, 0.5) is 11.5 Å². The molecule has 26 heavy (non-hydrogen) atoms. The molecule has 1 amide bonds. The molecule has 0 radical (unpaired) electrons. The van der Waals surface area contributed by atoms with Crippen LogP contribution in [0.1, 0.15) is 16.2 Å². The van der Waals surface area contributed by atoms with E-state index in [2.05, 4.69) is 37.2 Å². The molecular weight excluding hydrogens is 330 g/mol. The maximum Gasteiger partial charge on any atom is 0.274 e. The minimum atomic E-state index is -0.260. The number of carbonyl (C=O) groups is 1. The van der Waals surface area contributed by atoms with Crippen molar-refractivity contribution in [2.45, 2.75) is 6.92 Å². The molecule has 0 aliphatic carbocycles. The number of likely N-dealkylation sites (N-methyl/N-ethyl adjacent to an activating group) is 1. The average molecular weight is 351 g/mol. The number of fused-ring (bicyclic) bond motifs is 1. The highest BCUT2D eigenvalue weighted by atomic mass is 16.1. The van der Waals surface area contributed by atoms with Gasteiger partial charge >= 0.3 is 0 Å². The number of nitrogens with one attached hydrogen (secondary N) is 1. The quantitative estimate of drug-likeness (QED) is 0.769. The van der Waals surface area contributed by atoms with Gasteiger partial charge in [0, 0.05) is 38.6 Å². The van der Waals surface area contributed by atoms with Gasteiger partial charge in [-0.15, -0.1) is 0 Å². The second-order valence-electron chi connectivity index (χ2n) is 6.47. The van der Waals surface area contributed by atoms with Crippen molar-refractivity contribution in [1.29, 1.82) is 0 Å². The van der Waals surface area contributed by atoms with Crippen molar-refractivity contribution < 1.29 is 4.79 Å². The largest absolute Gasteiger partial charge is 0.354 e. The summed E-state index contributed by atoms with van der Waals surface area (Å²) in [5, 5.41) is 7.28. The second kappa shape index (κ2) is 6.72. The molecule has 1 fully saturated rings. The number of carbonyl (C=O) groups excluding carboxylic acids is 1. The number of aromatic nitrogens is 4. The summed E-state index contributed by atoms with van der Waals surface area (Å²) in [6.07, 6.45) is 3.48. The molecule has 1 aliphatic rings. The lowest BCUT2D eigenvalue weighted by Crippen LogP contribution is -2.44. The predicted octanol–water partition coefficient (Wildman–Crippen LogP) is 1.44. The Labute approximate surface area is 151 Å². The Bertz CT molecular complexity index is 944. The van der Waals surface area contributed by atoms with Gasteiger partial charge < -0.3 is 15.1 Å². The van der Waals surface area contributed by atoms with E-state index in [-0.39, 0.29) is 5.91 Å². The standard InChI is InChI=1S/C18H21N7O/c1-13-16(17-19-7-4-8-25(17)22-13)21-18(26)14-5-3-6-15(20-14)24-11-9-23(2)10-12-24/h3-8H,9-12H2,1-2H3,(H,21,26). The van der Waals surface area contributed by atoms with E-state index < -0.39 is 0 Å². The van der Waals surface area contributed by atoms with E-state index in [1.165, 1.54) is 0 Å². The maximum absolute atomic E-state index is 12.7. The van der Waals surface area contributed by atoms with Crippen LogP contribution in [0.2, 0.25) is 0 Å². The van der Waals surface area contributed by atoms with E-state index in [9.17, 15) is 4.79 Å². The monoisotopic (exact) mass is 351 g/mol. The summed E-state index contributed by atoms with van der Waals surface area (Å²) in [6, 6.07) is 7.34. The molecule has 1 aliphatic heterocycles. The van der Waals surface area contributed by atoms with Crippen molar-refractivity contribution in [3.63, 3.8) is 0 Å². The number of hydrogen-bond donors (Lipinski definition) is 1. The zero-order valence-electron chi connectivity index (χ0n) is 14.9. The first-order chi connectivity index (χ1) is 12.6. The van der Waals surface area contributed by atoms with Crippen LogP contribution >= 0.6 is 0 Å². The van der Waals surface area contributed by atoms with Gasteiger partial charge in [-0.3, -0.25) is 4.79 Å². The highest BCUT2D eigenvalue weighted by Crippen LogP contribution is 2.20. The Morgan fingerprint density at radius 3 is 2.77 bits per heavy atom. The van der Waals surface area contributed by atoms with Crippen LogP contribution in [-0.2, 0) is 0 Å². The fourth-order valence-corrected chi connectivity index (χ4v) is 3.08. The van der Waals surface area contributed by atoms with Crippen molar-refractivity contribution >= 4 is 23.1 Å². The van der Waals surface area contributed by atoms with Gasteiger partial charge in [-0.2, -0.15) is 5.10 Å². The Morgan fingerprint density at radius 2 is 1.96 bits per heavy atom. The van der Waals surface area contributed by atoms with Crippen molar-refractivity contribution in [3.05, 3.63) is 48.0 Å². The van der Waals surface area contributed by atoms with Gasteiger partial charge in [-0.1, -0.05) is 6.07 Å². The van der Waals surface area contributed by atoms with Crippen LogP contribution < -0.4 is 10.2 Å². The van der Waals surface area contributed by atoms with Crippen LogP contribution in [0.3, 0.4) is 0 Å². The average Bonchev–Trinajstić information content (AvgIpc) is 2.98. The van der Waals surface area contributed by atoms with E-state index in [4.69, 9.17) is 0 Å². The van der Waals surface area contributed by atoms with Crippen LogP contribution in [-0.4, -0.2) is 63.6 Å². The first kappa shape index (κ1) is 16.5. The van der Waals surface area contributed by atoms with Crippen molar-refractivity contribution in [1.82, 2.24) is 24.5 Å². The molecular formula is C18H21N7O. The molecule has 0 saturated carbocycles. The minimum absolute atomic E-state index is 0.260. The molecule has 4 heterocycles. The van der Waals surface area contributed by atoms with Gasteiger partial charge in [0.15, 0.2) is 5.65 Å². The number of hydrogen-bond acceptors (Lipinski definition) is 6. The Kier molecular flexibility index (Phi) is 4.26. The van der Waals surface area contributed by atoms with Gasteiger partial charge in [0.25, 0.3) is 5.91 Å². The summed E-state index contributed by atoms with van der Waals surface area (Å²) in [5.74, 6) is 0.574. The van der Waals surface area contributed by atoms with E-state index >= 15 is 0 Å². The normalized spacial score (nSPS) is 15.4.